The Hall–Kier alpha value is -1.03. The first-order valence-corrected chi connectivity index (χ1v) is 6.78. The number of aryl methyl sites for hydroxylation is 2. The molecule has 0 bridgehead atoms. The van der Waals surface area contributed by atoms with Gasteiger partial charge in [0, 0.05) is 0 Å². The Morgan fingerprint density at radius 3 is 2.76 bits per heavy atom. The fourth-order valence-corrected chi connectivity index (χ4v) is 2.52. The number of amides is 1. The van der Waals surface area contributed by atoms with Gasteiger partial charge in [-0.25, -0.2) is 0 Å². The van der Waals surface area contributed by atoms with Crippen molar-refractivity contribution in [3.63, 3.8) is 0 Å². The maximum atomic E-state index is 11.9. The summed E-state index contributed by atoms with van der Waals surface area (Å²) in [6.07, 6.45) is 0. The van der Waals surface area contributed by atoms with E-state index in [1.807, 2.05) is 18.7 Å². The molecule has 1 aliphatic rings. The Morgan fingerprint density at radius 2 is 2.12 bits per heavy atom. The molecule has 0 unspecified atom stereocenters. The van der Waals surface area contributed by atoms with Crippen LogP contribution < -0.4 is 9.64 Å². The van der Waals surface area contributed by atoms with Crippen molar-refractivity contribution in [3.8, 4) is 5.75 Å². The lowest BCUT2D eigenvalue weighted by Gasteiger charge is -2.32. The first kappa shape index (κ1) is 12.4. The molecule has 1 amide bonds. The largest absolute Gasteiger partial charge is 0.489 e. The molecule has 17 heavy (non-hydrogen) atoms. The van der Waals surface area contributed by atoms with Gasteiger partial charge in [-0.3, -0.25) is 4.79 Å². The molecular weight excluding hydrogens is 282 g/mol. The summed E-state index contributed by atoms with van der Waals surface area (Å²) < 4.78 is 5.73. The highest BCUT2D eigenvalue weighted by molar-refractivity contribution is 9.09. The van der Waals surface area contributed by atoms with Gasteiger partial charge in [0.05, 0.1) is 17.6 Å². The third-order valence-electron chi connectivity index (χ3n) is 3.20. The first-order valence-electron chi connectivity index (χ1n) is 5.66. The average molecular weight is 298 g/mol. The fourth-order valence-electron chi connectivity index (χ4n) is 2.22. The molecule has 0 aromatic heterocycles. The van der Waals surface area contributed by atoms with E-state index in [1.165, 1.54) is 5.56 Å². The Kier molecular flexibility index (Phi) is 3.43. The van der Waals surface area contributed by atoms with E-state index in [1.54, 1.807) is 0 Å². The summed E-state index contributed by atoms with van der Waals surface area (Å²) in [6.45, 7) is 7.32. The van der Waals surface area contributed by atoms with Gasteiger partial charge in [-0.2, -0.15) is 0 Å². The summed E-state index contributed by atoms with van der Waals surface area (Å²) in [5, 5.41) is 0.346. The predicted molar refractivity (Wildman–Crippen MR) is 72.3 cm³/mol. The van der Waals surface area contributed by atoms with Crippen LogP contribution in [0.5, 0.6) is 5.75 Å². The monoisotopic (exact) mass is 297 g/mol. The summed E-state index contributed by atoms with van der Waals surface area (Å²) in [4.78, 5) is 13.7. The van der Waals surface area contributed by atoms with Gasteiger partial charge in [0.1, 0.15) is 12.4 Å². The Bertz CT molecular complexity index is 471. The molecule has 0 aliphatic carbocycles. The van der Waals surface area contributed by atoms with Crippen molar-refractivity contribution in [1.82, 2.24) is 0 Å². The molecule has 0 spiro atoms. The van der Waals surface area contributed by atoms with Crippen LogP contribution in [0.3, 0.4) is 0 Å². The maximum absolute atomic E-state index is 11.9. The second-order valence-electron chi connectivity index (χ2n) is 4.34. The van der Waals surface area contributed by atoms with Gasteiger partial charge < -0.3 is 9.64 Å². The maximum Gasteiger partial charge on any atom is 0.237 e. The van der Waals surface area contributed by atoms with E-state index >= 15 is 0 Å². The summed E-state index contributed by atoms with van der Waals surface area (Å²) in [7, 11) is 0. The van der Waals surface area contributed by atoms with Crippen molar-refractivity contribution in [2.75, 3.05) is 23.4 Å². The zero-order valence-corrected chi connectivity index (χ0v) is 11.9. The van der Waals surface area contributed by atoms with Gasteiger partial charge in [-0.15, -0.1) is 0 Å². The second-order valence-corrected chi connectivity index (χ2v) is 4.90. The summed E-state index contributed by atoms with van der Waals surface area (Å²) in [6, 6.07) is 2.11. The third-order valence-corrected chi connectivity index (χ3v) is 3.68. The van der Waals surface area contributed by atoms with E-state index in [0.29, 0.717) is 18.5 Å². The minimum atomic E-state index is 0.0842. The molecule has 0 N–H and O–H groups in total. The summed E-state index contributed by atoms with van der Waals surface area (Å²) in [5.41, 5.74) is 4.35. The quantitative estimate of drug-likeness (QED) is 0.746. The molecule has 0 saturated carbocycles. The van der Waals surface area contributed by atoms with Crippen molar-refractivity contribution < 1.29 is 9.53 Å². The topological polar surface area (TPSA) is 29.5 Å². The lowest BCUT2D eigenvalue weighted by atomic mass is 10.0. The fraction of sp³-hybridized carbons (Fsp3) is 0.462. The molecule has 0 radical (unpaired) electrons. The van der Waals surface area contributed by atoms with Crippen LogP contribution >= 0.6 is 15.9 Å². The molecule has 0 atom stereocenters. The lowest BCUT2D eigenvalue weighted by molar-refractivity contribution is -0.116. The number of carbonyl (C=O) groups excluding carboxylic acids is 1. The van der Waals surface area contributed by atoms with Gasteiger partial charge in [-0.1, -0.05) is 22.0 Å². The molecule has 2 rings (SSSR count). The third kappa shape index (κ3) is 2.06. The number of rotatable bonds is 1. The van der Waals surface area contributed by atoms with E-state index < -0.39 is 0 Å². The van der Waals surface area contributed by atoms with Crippen molar-refractivity contribution in [2.24, 2.45) is 0 Å². The molecule has 3 nitrogen and oxygen atoms in total. The zero-order valence-electron chi connectivity index (χ0n) is 10.3. The molecule has 1 aliphatic heterocycles. The number of fused-ring (bicyclic) bond motifs is 1. The van der Waals surface area contributed by atoms with Crippen LogP contribution in [0, 0.1) is 20.8 Å². The predicted octanol–water partition coefficient (Wildman–Crippen LogP) is 2.73. The van der Waals surface area contributed by atoms with Crippen molar-refractivity contribution in [2.45, 2.75) is 20.8 Å². The van der Waals surface area contributed by atoms with Crippen LogP contribution in [0.4, 0.5) is 5.69 Å². The molecule has 1 aromatic rings. The number of benzene rings is 1. The Labute approximate surface area is 110 Å². The summed E-state index contributed by atoms with van der Waals surface area (Å²) >= 11 is 3.23. The van der Waals surface area contributed by atoms with Crippen molar-refractivity contribution >= 4 is 27.5 Å². The number of carbonyl (C=O) groups is 1. The molecule has 1 heterocycles. The van der Waals surface area contributed by atoms with Crippen molar-refractivity contribution in [1.29, 1.82) is 0 Å². The molecule has 4 heteroatoms. The van der Waals surface area contributed by atoms with E-state index in [2.05, 4.69) is 28.9 Å². The Morgan fingerprint density at radius 1 is 1.41 bits per heavy atom. The normalized spacial score (nSPS) is 14.2. The van der Waals surface area contributed by atoms with Crippen LogP contribution in [0.1, 0.15) is 16.7 Å². The lowest BCUT2D eigenvalue weighted by Crippen LogP contribution is -2.39. The number of hydrogen-bond donors (Lipinski definition) is 0. The van der Waals surface area contributed by atoms with Crippen LogP contribution in [0.25, 0.3) is 0 Å². The number of ether oxygens (including phenoxy) is 1. The van der Waals surface area contributed by atoms with Crippen LogP contribution in [-0.4, -0.2) is 24.4 Å². The molecule has 1 aromatic carbocycles. The number of halogens is 1. The average Bonchev–Trinajstić information content (AvgIpc) is 2.34. The number of nitrogens with zero attached hydrogens (tertiary/aromatic N) is 1. The van der Waals surface area contributed by atoms with Crippen LogP contribution in [0.2, 0.25) is 0 Å². The van der Waals surface area contributed by atoms with Gasteiger partial charge in [0.2, 0.25) is 5.91 Å². The van der Waals surface area contributed by atoms with Gasteiger partial charge in [0.15, 0.2) is 0 Å². The number of anilines is 1. The Balaban J connectivity index is 2.58. The van der Waals surface area contributed by atoms with Crippen LogP contribution in [0.15, 0.2) is 6.07 Å². The zero-order chi connectivity index (χ0) is 12.6. The van der Waals surface area contributed by atoms with Gasteiger partial charge in [0.25, 0.3) is 0 Å². The van der Waals surface area contributed by atoms with Gasteiger partial charge >= 0.3 is 0 Å². The molecular formula is C13H16BrNO2. The second kappa shape index (κ2) is 4.69. The standard InChI is InChI=1S/C13H16BrNO2/c1-8-6-9(2)12-13(10(8)3)17-5-4-15(12)11(16)7-14/h6H,4-5,7H2,1-3H3. The first-order chi connectivity index (χ1) is 8.06. The molecule has 92 valence electrons. The minimum Gasteiger partial charge on any atom is -0.489 e. The van der Waals surface area contributed by atoms with E-state index in [4.69, 9.17) is 4.74 Å². The minimum absolute atomic E-state index is 0.0842. The van der Waals surface area contributed by atoms with E-state index in [-0.39, 0.29) is 5.91 Å². The highest BCUT2D eigenvalue weighted by Gasteiger charge is 2.26. The number of alkyl halides is 1. The summed E-state index contributed by atoms with van der Waals surface area (Å²) in [5.74, 6) is 0.948. The molecule has 0 saturated heterocycles. The highest BCUT2D eigenvalue weighted by Crippen LogP contribution is 2.39. The van der Waals surface area contributed by atoms with E-state index in [0.717, 1.165) is 22.6 Å². The highest BCUT2D eigenvalue weighted by atomic mass is 79.9. The van der Waals surface area contributed by atoms with E-state index in [9.17, 15) is 4.79 Å². The number of hydrogen-bond acceptors (Lipinski definition) is 2. The van der Waals surface area contributed by atoms with Crippen molar-refractivity contribution in [3.05, 3.63) is 22.8 Å². The SMILES string of the molecule is Cc1cc(C)c2c(c1C)OCCN2C(=O)CBr. The van der Waals surface area contributed by atoms with Gasteiger partial charge in [-0.05, 0) is 37.5 Å². The van der Waals surface area contributed by atoms with Crippen LogP contribution in [-0.2, 0) is 4.79 Å². The molecule has 0 fully saturated rings. The smallest absolute Gasteiger partial charge is 0.237 e.